The highest BCUT2D eigenvalue weighted by Crippen LogP contribution is 2.26. The summed E-state index contributed by atoms with van der Waals surface area (Å²) in [5.74, 6) is 0.398. The van der Waals surface area contributed by atoms with Crippen LogP contribution in [0.1, 0.15) is 24.2 Å². The molecule has 2 aromatic rings. The Morgan fingerprint density at radius 2 is 1.81 bits per heavy atom. The number of rotatable bonds is 4. The molecule has 0 saturated carbocycles. The number of hydrogen-bond donors (Lipinski definition) is 0. The number of carbonyl (C=O) groups is 2. The minimum Gasteiger partial charge on any atom is -0.494 e. The Morgan fingerprint density at radius 3 is 2.44 bits per heavy atom. The van der Waals surface area contributed by atoms with E-state index in [-0.39, 0.29) is 11.8 Å². The number of amides is 2. The summed E-state index contributed by atoms with van der Waals surface area (Å²) in [4.78, 5) is 28.9. The molecule has 1 heterocycles. The summed E-state index contributed by atoms with van der Waals surface area (Å²) in [7, 11) is 0. The van der Waals surface area contributed by atoms with Gasteiger partial charge in [-0.05, 0) is 56.3 Å². The molecule has 3 rings (SSSR count). The van der Waals surface area contributed by atoms with E-state index in [0.29, 0.717) is 35.3 Å². The maximum Gasteiger partial charge on any atom is 0.254 e. The molecular weight excluding hydrogens is 387 g/mol. The lowest BCUT2D eigenvalue weighted by Crippen LogP contribution is -2.57. The smallest absolute Gasteiger partial charge is 0.254 e. The summed E-state index contributed by atoms with van der Waals surface area (Å²) < 4.78 is 5.44. The number of piperazine rings is 1. The zero-order chi connectivity index (χ0) is 19.6. The van der Waals surface area contributed by atoms with Crippen LogP contribution >= 0.6 is 23.2 Å². The number of halogens is 2. The average Bonchev–Trinajstić information content (AvgIpc) is 2.67. The average molecular weight is 407 g/mol. The maximum atomic E-state index is 12.9. The minimum atomic E-state index is -0.577. The van der Waals surface area contributed by atoms with Gasteiger partial charge >= 0.3 is 0 Å². The van der Waals surface area contributed by atoms with Crippen molar-refractivity contribution in [2.75, 3.05) is 24.6 Å². The second-order valence-electron chi connectivity index (χ2n) is 6.22. The molecule has 1 fully saturated rings. The van der Waals surface area contributed by atoms with Crippen LogP contribution in [-0.2, 0) is 4.79 Å². The van der Waals surface area contributed by atoms with Crippen LogP contribution in [0.5, 0.6) is 5.75 Å². The van der Waals surface area contributed by atoms with Crippen molar-refractivity contribution in [1.29, 1.82) is 0 Å². The van der Waals surface area contributed by atoms with Crippen LogP contribution < -0.4 is 9.64 Å². The molecule has 1 aliphatic heterocycles. The van der Waals surface area contributed by atoms with Crippen LogP contribution in [0, 0.1) is 0 Å². The molecule has 2 aromatic carbocycles. The quantitative estimate of drug-likeness (QED) is 0.761. The third-order valence-electron chi connectivity index (χ3n) is 4.54. The lowest BCUT2D eigenvalue weighted by atomic mass is 10.1. The van der Waals surface area contributed by atoms with E-state index in [1.807, 2.05) is 31.2 Å². The van der Waals surface area contributed by atoms with Gasteiger partial charge in [-0.15, -0.1) is 0 Å². The monoisotopic (exact) mass is 406 g/mol. The lowest BCUT2D eigenvalue weighted by molar-refractivity contribution is -0.124. The first-order valence-electron chi connectivity index (χ1n) is 8.72. The van der Waals surface area contributed by atoms with Crippen molar-refractivity contribution in [3.8, 4) is 5.75 Å². The van der Waals surface area contributed by atoms with Crippen LogP contribution in [-0.4, -0.2) is 42.5 Å². The van der Waals surface area contributed by atoms with E-state index >= 15 is 0 Å². The van der Waals surface area contributed by atoms with Gasteiger partial charge < -0.3 is 14.5 Å². The highest BCUT2D eigenvalue weighted by molar-refractivity contribution is 6.42. The molecule has 1 aliphatic rings. The lowest BCUT2D eigenvalue weighted by Gasteiger charge is -2.39. The van der Waals surface area contributed by atoms with Gasteiger partial charge in [0.25, 0.3) is 5.91 Å². The topological polar surface area (TPSA) is 49.9 Å². The van der Waals surface area contributed by atoms with E-state index in [9.17, 15) is 9.59 Å². The zero-order valence-corrected chi connectivity index (χ0v) is 16.6. The number of ether oxygens (including phenoxy) is 1. The fourth-order valence-corrected chi connectivity index (χ4v) is 3.39. The summed E-state index contributed by atoms with van der Waals surface area (Å²) in [6.07, 6.45) is 0. The van der Waals surface area contributed by atoms with Crippen molar-refractivity contribution in [2.45, 2.75) is 19.9 Å². The molecule has 0 radical (unpaired) electrons. The summed E-state index contributed by atoms with van der Waals surface area (Å²) in [6, 6.07) is 11.5. The number of anilines is 1. The summed E-state index contributed by atoms with van der Waals surface area (Å²) in [5.41, 5.74) is 1.20. The third kappa shape index (κ3) is 4.04. The van der Waals surface area contributed by atoms with Gasteiger partial charge in [-0.3, -0.25) is 9.59 Å². The molecule has 0 bridgehead atoms. The van der Waals surface area contributed by atoms with E-state index in [2.05, 4.69) is 0 Å². The van der Waals surface area contributed by atoms with E-state index in [0.717, 1.165) is 11.4 Å². The first-order valence-corrected chi connectivity index (χ1v) is 9.48. The first kappa shape index (κ1) is 19.5. The fraction of sp³-hybridized carbons (Fsp3) is 0.300. The molecule has 0 aliphatic carbocycles. The van der Waals surface area contributed by atoms with Crippen molar-refractivity contribution >= 4 is 40.7 Å². The molecule has 5 nitrogen and oxygen atoms in total. The van der Waals surface area contributed by atoms with Crippen LogP contribution in [0.2, 0.25) is 10.0 Å². The molecule has 1 atom stereocenters. The van der Waals surface area contributed by atoms with Crippen molar-refractivity contribution < 1.29 is 14.3 Å². The van der Waals surface area contributed by atoms with E-state index in [1.165, 1.54) is 6.07 Å². The second-order valence-corrected chi connectivity index (χ2v) is 7.03. The van der Waals surface area contributed by atoms with E-state index in [4.69, 9.17) is 27.9 Å². The number of hydrogen-bond acceptors (Lipinski definition) is 3. The van der Waals surface area contributed by atoms with E-state index < -0.39 is 6.04 Å². The van der Waals surface area contributed by atoms with Crippen LogP contribution in [0.3, 0.4) is 0 Å². The van der Waals surface area contributed by atoms with Gasteiger partial charge in [0, 0.05) is 24.3 Å². The molecular formula is C20H20Cl2N2O3. The predicted molar refractivity (Wildman–Crippen MR) is 107 cm³/mol. The fourth-order valence-electron chi connectivity index (χ4n) is 3.09. The SMILES string of the molecule is CCOc1ccc(N2CCN(C(=O)c3ccc(Cl)c(Cl)c3)C(C)C2=O)cc1. The van der Waals surface area contributed by atoms with Crippen molar-refractivity contribution in [2.24, 2.45) is 0 Å². The highest BCUT2D eigenvalue weighted by Gasteiger charge is 2.35. The molecule has 2 amide bonds. The molecule has 7 heteroatoms. The van der Waals surface area contributed by atoms with Crippen molar-refractivity contribution in [3.05, 3.63) is 58.1 Å². The summed E-state index contributed by atoms with van der Waals surface area (Å²) >= 11 is 11.9. The van der Waals surface area contributed by atoms with Crippen LogP contribution in [0.4, 0.5) is 5.69 Å². The molecule has 0 aromatic heterocycles. The van der Waals surface area contributed by atoms with Crippen molar-refractivity contribution in [1.82, 2.24) is 4.90 Å². The molecule has 27 heavy (non-hydrogen) atoms. The molecule has 0 spiro atoms. The number of benzene rings is 2. The molecule has 1 unspecified atom stereocenters. The first-order chi connectivity index (χ1) is 12.9. The third-order valence-corrected chi connectivity index (χ3v) is 5.28. The van der Waals surface area contributed by atoms with Gasteiger partial charge in [-0.1, -0.05) is 23.2 Å². The van der Waals surface area contributed by atoms with Gasteiger partial charge in [0.05, 0.1) is 16.7 Å². The van der Waals surface area contributed by atoms with Gasteiger partial charge in [0.15, 0.2) is 0 Å². The number of nitrogens with zero attached hydrogens (tertiary/aromatic N) is 2. The highest BCUT2D eigenvalue weighted by atomic mass is 35.5. The Labute approximate surface area is 168 Å². The van der Waals surface area contributed by atoms with Crippen LogP contribution in [0.15, 0.2) is 42.5 Å². The summed E-state index contributed by atoms with van der Waals surface area (Å²) in [6.45, 7) is 5.09. The molecule has 142 valence electrons. The standard InChI is InChI=1S/C20H20Cl2N2O3/c1-3-27-16-7-5-15(6-8-16)24-11-10-23(13(2)19(24)25)20(26)14-4-9-17(21)18(22)12-14/h4-9,12-13H,3,10-11H2,1-2H3. The minimum absolute atomic E-state index is 0.126. The van der Waals surface area contributed by atoms with Gasteiger partial charge in [-0.2, -0.15) is 0 Å². The predicted octanol–water partition coefficient (Wildman–Crippen LogP) is 4.27. The Kier molecular flexibility index (Phi) is 5.92. The molecule has 0 N–H and O–H groups in total. The second kappa shape index (κ2) is 8.19. The largest absolute Gasteiger partial charge is 0.494 e. The zero-order valence-electron chi connectivity index (χ0n) is 15.1. The Balaban J connectivity index is 1.75. The van der Waals surface area contributed by atoms with Gasteiger partial charge in [0.2, 0.25) is 5.91 Å². The van der Waals surface area contributed by atoms with Crippen molar-refractivity contribution in [3.63, 3.8) is 0 Å². The Bertz CT molecular complexity index is 855. The Hall–Kier alpha value is -2.24. The summed E-state index contributed by atoms with van der Waals surface area (Å²) in [5, 5.41) is 0.701. The van der Waals surface area contributed by atoms with E-state index in [1.54, 1.807) is 28.9 Å². The molecule has 1 saturated heterocycles. The maximum absolute atomic E-state index is 12.9. The normalized spacial score (nSPS) is 17.2. The number of carbonyl (C=O) groups excluding carboxylic acids is 2. The van der Waals surface area contributed by atoms with Gasteiger partial charge in [0.1, 0.15) is 11.8 Å². The van der Waals surface area contributed by atoms with Gasteiger partial charge in [-0.25, -0.2) is 0 Å². The van der Waals surface area contributed by atoms with Crippen LogP contribution in [0.25, 0.3) is 0 Å². The Morgan fingerprint density at radius 1 is 1.11 bits per heavy atom.